The van der Waals surface area contributed by atoms with Crippen LogP contribution in [-0.4, -0.2) is 48.7 Å². The molecule has 4 aromatic rings. The Morgan fingerprint density at radius 2 is 2.10 bits per heavy atom. The van der Waals surface area contributed by atoms with E-state index in [0.717, 1.165) is 57.2 Å². The van der Waals surface area contributed by atoms with Crippen LogP contribution in [0.5, 0.6) is 0 Å². The lowest BCUT2D eigenvalue weighted by Crippen LogP contribution is -2.22. The zero-order valence-corrected chi connectivity index (χ0v) is 18.9. The van der Waals surface area contributed by atoms with Gasteiger partial charge in [-0.25, -0.2) is 15.0 Å². The van der Waals surface area contributed by atoms with Gasteiger partial charge in [-0.2, -0.15) is 5.10 Å². The SMILES string of the molecule is Cc1c(-c2ccn(C(C)C)n2)sc2nc(-c3nccn3C)nc(N3CCC(C=O)C3)c12. The summed E-state index contributed by atoms with van der Waals surface area (Å²) in [5, 5.41) is 5.82. The summed E-state index contributed by atoms with van der Waals surface area (Å²) in [6, 6.07) is 2.36. The van der Waals surface area contributed by atoms with E-state index in [2.05, 4.69) is 36.7 Å². The lowest BCUT2D eigenvalue weighted by atomic mass is 10.1. The number of rotatable bonds is 5. The van der Waals surface area contributed by atoms with Crippen molar-refractivity contribution in [3.05, 3.63) is 30.2 Å². The number of aldehydes is 1. The van der Waals surface area contributed by atoms with Crippen molar-refractivity contribution in [2.24, 2.45) is 13.0 Å². The van der Waals surface area contributed by atoms with Crippen LogP contribution in [0, 0.1) is 12.8 Å². The molecule has 1 aliphatic heterocycles. The molecular weight excluding hydrogens is 410 g/mol. The minimum absolute atomic E-state index is 0.0433. The summed E-state index contributed by atoms with van der Waals surface area (Å²) in [4.78, 5) is 29.9. The van der Waals surface area contributed by atoms with Crippen molar-refractivity contribution in [1.82, 2.24) is 29.3 Å². The second-order valence-corrected chi connectivity index (χ2v) is 9.37. The van der Waals surface area contributed by atoms with E-state index in [-0.39, 0.29) is 5.92 Å². The first-order valence-electron chi connectivity index (χ1n) is 10.5. The van der Waals surface area contributed by atoms with E-state index in [1.807, 2.05) is 28.7 Å². The lowest BCUT2D eigenvalue weighted by molar-refractivity contribution is -0.110. The van der Waals surface area contributed by atoms with Gasteiger partial charge in [0.15, 0.2) is 11.6 Å². The average molecular weight is 436 g/mol. The molecule has 31 heavy (non-hydrogen) atoms. The molecule has 5 rings (SSSR count). The number of carbonyl (C=O) groups is 1. The fourth-order valence-corrected chi connectivity index (χ4v) is 5.25. The van der Waals surface area contributed by atoms with Crippen LogP contribution in [0.25, 0.3) is 32.4 Å². The zero-order chi connectivity index (χ0) is 21.7. The molecule has 1 unspecified atom stereocenters. The van der Waals surface area contributed by atoms with Gasteiger partial charge in [0.25, 0.3) is 0 Å². The number of aromatic nitrogens is 6. The molecule has 1 fully saturated rings. The number of anilines is 1. The highest BCUT2D eigenvalue weighted by atomic mass is 32.1. The molecule has 0 amide bonds. The molecule has 1 saturated heterocycles. The fourth-order valence-electron chi connectivity index (χ4n) is 4.11. The molecule has 0 aromatic carbocycles. The van der Waals surface area contributed by atoms with E-state index in [1.54, 1.807) is 17.5 Å². The van der Waals surface area contributed by atoms with Gasteiger partial charge in [0.2, 0.25) is 0 Å². The third-order valence-electron chi connectivity index (χ3n) is 5.88. The average Bonchev–Trinajstić information content (AvgIpc) is 3.53. The topological polar surface area (TPSA) is 81.7 Å². The van der Waals surface area contributed by atoms with Gasteiger partial charge in [-0.3, -0.25) is 4.68 Å². The Balaban J connectivity index is 1.71. The number of aryl methyl sites for hydroxylation is 2. The number of nitrogens with zero attached hydrogens (tertiary/aromatic N) is 7. The largest absolute Gasteiger partial charge is 0.355 e. The third-order valence-corrected chi connectivity index (χ3v) is 7.09. The van der Waals surface area contributed by atoms with Crippen LogP contribution in [0.4, 0.5) is 5.82 Å². The smallest absolute Gasteiger partial charge is 0.199 e. The van der Waals surface area contributed by atoms with Crippen LogP contribution in [0.3, 0.4) is 0 Å². The predicted octanol–water partition coefficient (Wildman–Crippen LogP) is 3.87. The summed E-state index contributed by atoms with van der Waals surface area (Å²) in [5.41, 5.74) is 2.08. The first-order valence-corrected chi connectivity index (χ1v) is 11.3. The Hall–Kier alpha value is -3.07. The van der Waals surface area contributed by atoms with E-state index < -0.39 is 0 Å². The maximum Gasteiger partial charge on any atom is 0.199 e. The molecule has 160 valence electrons. The van der Waals surface area contributed by atoms with Crippen LogP contribution in [0.15, 0.2) is 24.7 Å². The molecule has 0 spiro atoms. The van der Waals surface area contributed by atoms with Crippen LogP contribution >= 0.6 is 11.3 Å². The van der Waals surface area contributed by atoms with E-state index in [1.165, 1.54) is 0 Å². The summed E-state index contributed by atoms with van der Waals surface area (Å²) in [6.07, 6.45) is 7.57. The molecule has 0 aliphatic carbocycles. The number of fused-ring (bicyclic) bond motifs is 1. The summed E-state index contributed by atoms with van der Waals surface area (Å²) in [6.45, 7) is 7.84. The van der Waals surface area contributed by atoms with E-state index >= 15 is 0 Å². The molecule has 1 aliphatic rings. The van der Waals surface area contributed by atoms with E-state index in [9.17, 15) is 4.79 Å². The highest BCUT2D eigenvalue weighted by molar-refractivity contribution is 7.22. The zero-order valence-electron chi connectivity index (χ0n) is 18.1. The van der Waals surface area contributed by atoms with Crippen LogP contribution in [0.1, 0.15) is 31.9 Å². The minimum atomic E-state index is 0.0433. The standard InChI is InChI=1S/C22H25N7OS/c1-13(2)29-9-6-16(26-29)18-14(3)17-20(28-8-5-15(11-28)12-30)24-19(25-22(17)31-18)21-23-7-10-27(21)4/h6-7,9-10,12-13,15H,5,8,11H2,1-4H3. The second-order valence-electron chi connectivity index (χ2n) is 8.37. The van der Waals surface area contributed by atoms with Gasteiger partial charge in [0.1, 0.15) is 22.6 Å². The summed E-state index contributed by atoms with van der Waals surface area (Å²) in [5.74, 6) is 2.26. The fraction of sp³-hybridized carbons (Fsp3) is 0.409. The predicted molar refractivity (Wildman–Crippen MR) is 122 cm³/mol. The Labute approximate surface area is 184 Å². The van der Waals surface area contributed by atoms with Gasteiger partial charge >= 0.3 is 0 Å². The van der Waals surface area contributed by atoms with Crippen molar-refractivity contribution in [2.45, 2.75) is 33.2 Å². The van der Waals surface area contributed by atoms with Crippen molar-refractivity contribution in [2.75, 3.05) is 18.0 Å². The van der Waals surface area contributed by atoms with E-state index in [4.69, 9.17) is 15.1 Å². The van der Waals surface area contributed by atoms with Gasteiger partial charge in [-0.1, -0.05) is 0 Å². The quantitative estimate of drug-likeness (QED) is 0.443. The van der Waals surface area contributed by atoms with Crippen molar-refractivity contribution >= 4 is 33.7 Å². The first-order chi connectivity index (χ1) is 15.0. The number of hydrogen-bond donors (Lipinski definition) is 0. The molecule has 0 bridgehead atoms. The van der Waals surface area contributed by atoms with Crippen LogP contribution < -0.4 is 4.90 Å². The lowest BCUT2D eigenvalue weighted by Gasteiger charge is -2.19. The van der Waals surface area contributed by atoms with Gasteiger partial charge in [-0.15, -0.1) is 11.3 Å². The third kappa shape index (κ3) is 3.33. The monoisotopic (exact) mass is 435 g/mol. The van der Waals surface area contributed by atoms with Gasteiger partial charge in [0, 0.05) is 50.7 Å². The molecule has 9 heteroatoms. The Morgan fingerprint density at radius 3 is 2.74 bits per heavy atom. The number of hydrogen-bond acceptors (Lipinski definition) is 7. The Kier molecular flexibility index (Phi) is 4.85. The molecule has 4 aromatic heterocycles. The number of imidazole rings is 1. The normalized spacial score (nSPS) is 16.7. The van der Waals surface area contributed by atoms with E-state index in [0.29, 0.717) is 18.4 Å². The summed E-state index contributed by atoms with van der Waals surface area (Å²) in [7, 11) is 1.94. The van der Waals surface area contributed by atoms with Crippen molar-refractivity contribution in [3.63, 3.8) is 0 Å². The van der Waals surface area contributed by atoms with Crippen molar-refractivity contribution in [3.8, 4) is 22.2 Å². The highest BCUT2D eigenvalue weighted by Crippen LogP contribution is 2.42. The summed E-state index contributed by atoms with van der Waals surface area (Å²) < 4.78 is 3.90. The molecule has 0 N–H and O–H groups in total. The van der Waals surface area contributed by atoms with Crippen LogP contribution in [0.2, 0.25) is 0 Å². The molecule has 0 saturated carbocycles. The molecule has 1 atom stereocenters. The maximum absolute atomic E-state index is 11.4. The van der Waals surface area contributed by atoms with Gasteiger partial charge in [0.05, 0.1) is 10.3 Å². The Morgan fingerprint density at radius 1 is 1.26 bits per heavy atom. The number of carbonyl (C=O) groups excluding carboxylic acids is 1. The van der Waals surface area contributed by atoms with Gasteiger partial charge in [-0.05, 0) is 38.8 Å². The molecule has 8 nitrogen and oxygen atoms in total. The molecular formula is C22H25N7OS. The maximum atomic E-state index is 11.4. The Bertz CT molecular complexity index is 1270. The van der Waals surface area contributed by atoms with Gasteiger partial charge < -0.3 is 14.3 Å². The molecule has 5 heterocycles. The van der Waals surface area contributed by atoms with Crippen molar-refractivity contribution < 1.29 is 4.79 Å². The first kappa shape index (κ1) is 19.9. The highest BCUT2D eigenvalue weighted by Gasteiger charge is 2.28. The summed E-state index contributed by atoms with van der Waals surface area (Å²) >= 11 is 1.64. The molecule has 0 radical (unpaired) electrons. The van der Waals surface area contributed by atoms with Crippen molar-refractivity contribution in [1.29, 1.82) is 0 Å². The van der Waals surface area contributed by atoms with Crippen LogP contribution in [-0.2, 0) is 11.8 Å². The number of thiophene rings is 1. The second kappa shape index (κ2) is 7.56. The minimum Gasteiger partial charge on any atom is -0.355 e.